The molecule has 0 aliphatic carbocycles. The van der Waals surface area contributed by atoms with Crippen molar-refractivity contribution in [3.8, 4) is 0 Å². The molecule has 0 amide bonds. The second kappa shape index (κ2) is 4.66. The smallest absolute Gasteiger partial charge is 0.184 e. The van der Waals surface area contributed by atoms with Crippen LogP contribution >= 0.6 is 11.3 Å². The Balaban J connectivity index is 1.79. The molecule has 2 heterocycles. The molecule has 0 atom stereocenters. The molecule has 0 bridgehead atoms. The molecule has 4 nitrogen and oxygen atoms in total. The van der Waals surface area contributed by atoms with Gasteiger partial charge in [0.25, 0.3) is 0 Å². The van der Waals surface area contributed by atoms with E-state index in [1.807, 2.05) is 6.07 Å². The summed E-state index contributed by atoms with van der Waals surface area (Å²) < 4.78 is 13.9. The summed E-state index contributed by atoms with van der Waals surface area (Å²) in [5.74, 6) is -0.242. The molecule has 0 spiro atoms. The fourth-order valence-corrected chi connectivity index (χ4v) is 2.45. The summed E-state index contributed by atoms with van der Waals surface area (Å²) in [6, 6.07) is 6.41. The maximum Gasteiger partial charge on any atom is 0.184 e. The first kappa shape index (κ1) is 11.0. The lowest BCUT2D eigenvalue weighted by atomic mass is 10.3. The van der Waals surface area contributed by atoms with Gasteiger partial charge in [-0.2, -0.15) is 0 Å². The fraction of sp³-hybridized carbons (Fsp3) is 0.0833. The van der Waals surface area contributed by atoms with E-state index in [0.717, 1.165) is 21.0 Å². The van der Waals surface area contributed by atoms with Crippen LogP contribution in [-0.2, 0) is 6.54 Å². The van der Waals surface area contributed by atoms with E-state index in [1.165, 1.54) is 29.8 Å². The molecule has 3 aromatic rings. The molecule has 1 aromatic carbocycles. The molecule has 3 rings (SSSR count). The van der Waals surface area contributed by atoms with Gasteiger partial charge in [0.1, 0.15) is 12.1 Å². The quantitative estimate of drug-likeness (QED) is 0.786. The fourth-order valence-electron chi connectivity index (χ4n) is 1.56. The lowest BCUT2D eigenvalue weighted by Crippen LogP contribution is -2.00. The molecule has 0 aliphatic rings. The SMILES string of the molecule is Fc1ccc2nc(NCc3ccncn3)sc2c1. The Morgan fingerprint density at radius 2 is 2.22 bits per heavy atom. The number of fused-ring (bicyclic) bond motifs is 1. The average molecular weight is 260 g/mol. The molecular formula is C12H9FN4S. The van der Waals surface area contributed by atoms with Crippen molar-refractivity contribution in [2.24, 2.45) is 0 Å². The van der Waals surface area contributed by atoms with Crippen LogP contribution in [0, 0.1) is 5.82 Å². The molecule has 0 fully saturated rings. The summed E-state index contributed by atoms with van der Waals surface area (Å²) in [6.07, 6.45) is 3.20. The molecule has 0 saturated heterocycles. The van der Waals surface area contributed by atoms with Crippen LogP contribution in [0.1, 0.15) is 5.69 Å². The van der Waals surface area contributed by atoms with Crippen molar-refractivity contribution < 1.29 is 4.39 Å². The van der Waals surface area contributed by atoms with Crippen LogP contribution in [0.2, 0.25) is 0 Å². The third-order valence-corrected chi connectivity index (χ3v) is 3.39. The molecule has 0 aliphatic heterocycles. The minimum Gasteiger partial charge on any atom is -0.356 e. The predicted octanol–water partition coefficient (Wildman–Crippen LogP) is 2.84. The summed E-state index contributed by atoms with van der Waals surface area (Å²) in [5.41, 5.74) is 1.68. The Labute approximate surface area is 107 Å². The number of anilines is 1. The van der Waals surface area contributed by atoms with Gasteiger partial charge in [-0.25, -0.2) is 19.3 Å². The molecular weight excluding hydrogens is 251 g/mol. The van der Waals surface area contributed by atoms with Crippen molar-refractivity contribution in [3.63, 3.8) is 0 Å². The standard InChI is InChI=1S/C12H9FN4S/c13-8-1-2-10-11(5-8)18-12(17-10)15-6-9-3-4-14-7-16-9/h1-5,7H,6H2,(H,15,17). The minimum atomic E-state index is -0.242. The number of halogens is 1. The van der Waals surface area contributed by atoms with Crippen molar-refractivity contribution >= 4 is 26.7 Å². The summed E-state index contributed by atoms with van der Waals surface area (Å²) in [7, 11) is 0. The van der Waals surface area contributed by atoms with E-state index in [4.69, 9.17) is 0 Å². The Bertz CT molecular complexity index is 668. The first-order chi connectivity index (χ1) is 8.81. The van der Waals surface area contributed by atoms with Crippen molar-refractivity contribution in [1.82, 2.24) is 15.0 Å². The number of nitrogens with zero attached hydrogens (tertiary/aromatic N) is 3. The number of nitrogens with one attached hydrogen (secondary N) is 1. The van der Waals surface area contributed by atoms with Crippen molar-refractivity contribution in [1.29, 1.82) is 0 Å². The monoisotopic (exact) mass is 260 g/mol. The topological polar surface area (TPSA) is 50.7 Å². The van der Waals surface area contributed by atoms with Gasteiger partial charge in [-0.3, -0.25) is 0 Å². The third-order valence-electron chi connectivity index (χ3n) is 2.41. The second-order valence-electron chi connectivity index (χ2n) is 3.69. The van der Waals surface area contributed by atoms with Crippen LogP contribution in [0.25, 0.3) is 10.2 Å². The van der Waals surface area contributed by atoms with E-state index in [1.54, 1.807) is 12.3 Å². The Morgan fingerprint density at radius 1 is 1.28 bits per heavy atom. The second-order valence-corrected chi connectivity index (χ2v) is 4.72. The lowest BCUT2D eigenvalue weighted by molar-refractivity contribution is 0.630. The zero-order valence-corrected chi connectivity index (χ0v) is 10.1. The maximum atomic E-state index is 13.0. The van der Waals surface area contributed by atoms with E-state index in [-0.39, 0.29) is 5.82 Å². The predicted molar refractivity (Wildman–Crippen MR) is 68.9 cm³/mol. The highest BCUT2D eigenvalue weighted by Crippen LogP contribution is 2.26. The van der Waals surface area contributed by atoms with Gasteiger partial charge >= 0.3 is 0 Å². The normalized spacial score (nSPS) is 10.7. The molecule has 0 unspecified atom stereocenters. The summed E-state index contributed by atoms with van der Waals surface area (Å²) in [6.45, 7) is 0.574. The number of hydrogen-bond donors (Lipinski definition) is 1. The van der Waals surface area contributed by atoms with E-state index in [2.05, 4.69) is 20.3 Å². The maximum absolute atomic E-state index is 13.0. The molecule has 1 N–H and O–H groups in total. The van der Waals surface area contributed by atoms with E-state index in [0.29, 0.717) is 6.54 Å². The zero-order valence-electron chi connectivity index (χ0n) is 9.30. The van der Waals surface area contributed by atoms with Crippen LogP contribution < -0.4 is 5.32 Å². The zero-order chi connectivity index (χ0) is 12.4. The van der Waals surface area contributed by atoms with Gasteiger partial charge in [0, 0.05) is 6.20 Å². The highest BCUT2D eigenvalue weighted by Gasteiger charge is 2.04. The van der Waals surface area contributed by atoms with Crippen molar-refractivity contribution in [2.75, 3.05) is 5.32 Å². The lowest BCUT2D eigenvalue weighted by Gasteiger charge is -2.00. The van der Waals surface area contributed by atoms with E-state index >= 15 is 0 Å². The first-order valence-electron chi connectivity index (χ1n) is 5.36. The van der Waals surface area contributed by atoms with Crippen LogP contribution in [-0.4, -0.2) is 15.0 Å². The third kappa shape index (κ3) is 2.28. The highest BCUT2D eigenvalue weighted by atomic mass is 32.1. The number of hydrogen-bond acceptors (Lipinski definition) is 5. The minimum absolute atomic E-state index is 0.242. The van der Waals surface area contributed by atoms with Gasteiger partial charge in [-0.05, 0) is 24.3 Å². The van der Waals surface area contributed by atoms with Crippen LogP contribution in [0.15, 0.2) is 36.8 Å². The Hall–Kier alpha value is -2.08. The molecule has 0 saturated carbocycles. The van der Waals surface area contributed by atoms with Crippen LogP contribution in [0.4, 0.5) is 9.52 Å². The average Bonchev–Trinajstić information content (AvgIpc) is 2.79. The van der Waals surface area contributed by atoms with Crippen molar-refractivity contribution in [2.45, 2.75) is 6.54 Å². The Kier molecular flexibility index (Phi) is 2.85. The molecule has 90 valence electrons. The first-order valence-corrected chi connectivity index (χ1v) is 6.18. The van der Waals surface area contributed by atoms with Crippen LogP contribution in [0.3, 0.4) is 0 Å². The summed E-state index contributed by atoms with van der Waals surface area (Å²) in [4.78, 5) is 12.3. The van der Waals surface area contributed by atoms with Gasteiger partial charge in [0.2, 0.25) is 0 Å². The molecule has 0 radical (unpaired) electrons. The highest BCUT2D eigenvalue weighted by molar-refractivity contribution is 7.22. The van der Waals surface area contributed by atoms with Crippen molar-refractivity contribution in [3.05, 3.63) is 48.3 Å². The van der Waals surface area contributed by atoms with Gasteiger partial charge in [-0.15, -0.1) is 0 Å². The van der Waals surface area contributed by atoms with E-state index < -0.39 is 0 Å². The van der Waals surface area contributed by atoms with Gasteiger partial charge in [0.05, 0.1) is 22.5 Å². The largest absolute Gasteiger partial charge is 0.356 e. The van der Waals surface area contributed by atoms with E-state index in [9.17, 15) is 4.39 Å². The van der Waals surface area contributed by atoms with Gasteiger partial charge in [-0.1, -0.05) is 11.3 Å². The van der Waals surface area contributed by atoms with Gasteiger partial charge < -0.3 is 5.32 Å². The summed E-state index contributed by atoms with van der Waals surface area (Å²) >= 11 is 1.43. The number of thiazole rings is 1. The molecule has 2 aromatic heterocycles. The number of rotatable bonds is 3. The van der Waals surface area contributed by atoms with Gasteiger partial charge in [0.15, 0.2) is 5.13 Å². The van der Waals surface area contributed by atoms with Crippen LogP contribution in [0.5, 0.6) is 0 Å². The molecule has 18 heavy (non-hydrogen) atoms. The number of aromatic nitrogens is 3. The Morgan fingerprint density at radius 3 is 3.06 bits per heavy atom. The molecule has 6 heteroatoms. The number of benzene rings is 1. The summed E-state index contributed by atoms with van der Waals surface area (Å²) in [5, 5.41) is 3.92.